The van der Waals surface area contributed by atoms with Gasteiger partial charge in [0.05, 0.1) is 16.2 Å². The molecular weight excluding hydrogens is 327 g/mol. The standard InChI is InChI=1S/C14H14BrFN2S/c15-9-7-8(5-6-10(9)16)13(17)14-18-11-3-1-2-4-12(11)19-14/h5-7,13H,1-4,17H2. The summed E-state index contributed by atoms with van der Waals surface area (Å²) in [5.74, 6) is -0.269. The van der Waals surface area contributed by atoms with Crippen LogP contribution in [0.4, 0.5) is 4.39 Å². The third-order valence-electron chi connectivity index (χ3n) is 3.43. The number of halogens is 2. The molecule has 2 nitrogen and oxygen atoms in total. The van der Waals surface area contributed by atoms with Gasteiger partial charge in [0.2, 0.25) is 0 Å². The van der Waals surface area contributed by atoms with Crippen molar-refractivity contribution in [2.24, 2.45) is 5.73 Å². The van der Waals surface area contributed by atoms with Gasteiger partial charge in [-0.2, -0.15) is 0 Å². The monoisotopic (exact) mass is 340 g/mol. The number of hydrogen-bond acceptors (Lipinski definition) is 3. The number of nitrogens with two attached hydrogens (primary N) is 1. The fraction of sp³-hybridized carbons (Fsp3) is 0.357. The molecule has 1 aromatic carbocycles. The fourth-order valence-electron chi connectivity index (χ4n) is 2.35. The van der Waals surface area contributed by atoms with E-state index in [-0.39, 0.29) is 11.9 Å². The highest BCUT2D eigenvalue weighted by Gasteiger charge is 2.20. The largest absolute Gasteiger partial charge is 0.318 e. The van der Waals surface area contributed by atoms with Crippen molar-refractivity contribution in [1.82, 2.24) is 4.98 Å². The van der Waals surface area contributed by atoms with Gasteiger partial charge < -0.3 is 5.73 Å². The summed E-state index contributed by atoms with van der Waals surface area (Å²) in [4.78, 5) is 6.04. The average molecular weight is 341 g/mol. The van der Waals surface area contributed by atoms with Crippen LogP contribution in [0.15, 0.2) is 22.7 Å². The molecule has 0 bridgehead atoms. The lowest BCUT2D eigenvalue weighted by atomic mass is 10.0. The minimum atomic E-state index is -0.271. The van der Waals surface area contributed by atoms with Crippen LogP contribution in [0.1, 0.15) is 40.0 Å². The number of thiazole rings is 1. The smallest absolute Gasteiger partial charge is 0.137 e. The van der Waals surface area contributed by atoms with Gasteiger partial charge >= 0.3 is 0 Å². The minimum absolute atomic E-state index is 0.269. The summed E-state index contributed by atoms with van der Waals surface area (Å²) < 4.78 is 13.7. The zero-order chi connectivity index (χ0) is 13.4. The van der Waals surface area contributed by atoms with E-state index in [9.17, 15) is 4.39 Å². The van der Waals surface area contributed by atoms with Gasteiger partial charge in [0.1, 0.15) is 10.8 Å². The third-order valence-corrected chi connectivity index (χ3v) is 5.28. The van der Waals surface area contributed by atoms with Crippen molar-refractivity contribution in [3.8, 4) is 0 Å². The van der Waals surface area contributed by atoms with Crippen molar-refractivity contribution >= 4 is 27.3 Å². The molecule has 2 aromatic rings. The van der Waals surface area contributed by atoms with Crippen molar-refractivity contribution in [2.75, 3.05) is 0 Å². The van der Waals surface area contributed by atoms with E-state index in [1.807, 2.05) is 0 Å². The predicted octanol–water partition coefficient (Wildman–Crippen LogP) is 3.97. The summed E-state index contributed by atoms with van der Waals surface area (Å²) in [5.41, 5.74) is 8.35. The second-order valence-corrected chi connectivity index (χ2v) is 6.75. The van der Waals surface area contributed by atoms with E-state index < -0.39 is 0 Å². The normalized spacial score (nSPS) is 16.2. The maximum Gasteiger partial charge on any atom is 0.137 e. The first kappa shape index (κ1) is 13.2. The molecule has 1 unspecified atom stereocenters. The number of aryl methyl sites for hydroxylation is 2. The Kier molecular flexibility index (Phi) is 3.69. The quantitative estimate of drug-likeness (QED) is 0.898. The molecule has 0 saturated carbocycles. The average Bonchev–Trinajstić information content (AvgIpc) is 2.85. The van der Waals surface area contributed by atoms with Gasteiger partial charge in [-0.05, 0) is 59.3 Å². The number of fused-ring (bicyclic) bond motifs is 1. The van der Waals surface area contributed by atoms with Crippen LogP contribution in [0.5, 0.6) is 0 Å². The second kappa shape index (κ2) is 5.31. The molecule has 0 spiro atoms. The number of aromatic nitrogens is 1. The molecule has 1 aromatic heterocycles. The van der Waals surface area contributed by atoms with Gasteiger partial charge in [-0.3, -0.25) is 0 Å². The van der Waals surface area contributed by atoms with Gasteiger partial charge in [-0.1, -0.05) is 6.07 Å². The first-order valence-corrected chi connectivity index (χ1v) is 7.95. The second-order valence-electron chi connectivity index (χ2n) is 4.78. The maximum absolute atomic E-state index is 13.2. The molecule has 0 amide bonds. The topological polar surface area (TPSA) is 38.9 Å². The van der Waals surface area contributed by atoms with Crippen molar-refractivity contribution in [2.45, 2.75) is 31.7 Å². The fourth-order valence-corrected chi connectivity index (χ4v) is 3.93. The summed E-state index contributed by atoms with van der Waals surface area (Å²) in [7, 11) is 0. The number of hydrogen-bond donors (Lipinski definition) is 1. The zero-order valence-electron chi connectivity index (χ0n) is 10.3. The van der Waals surface area contributed by atoms with E-state index in [1.54, 1.807) is 23.5 Å². The van der Waals surface area contributed by atoms with Crippen molar-refractivity contribution in [1.29, 1.82) is 0 Å². The molecule has 1 aliphatic rings. The molecular formula is C14H14BrFN2S. The highest BCUT2D eigenvalue weighted by atomic mass is 79.9. The predicted molar refractivity (Wildman–Crippen MR) is 78.9 cm³/mol. The van der Waals surface area contributed by atoms with Gasteiger partial charge in [0, 0.05) is 4.88 Å². The van der Waals surface area contributed by atoms with E-state index >= 15 is 0 Å². The van der Waals surface area contributed by atoms with Crippen molar-refractivity contribution < 1.29 is 4.39 Å². The third kappa shape index (κ3) is 2.59. The number of rotatable bonds is 2. The number of nitrogens with zero attached hydrogens (tertiary/aromatic N) is 1. The lowest BCUT2D eigenvalue weighted by Gasteiger charge is -2.09. The molecule has 0 radical (unpaired) electrons. The highest BCUT2D eigenvalue weighted by molar-refractivity contribution is 9.10. The van der Waals surface area contributed by atoms with E-state index in [0.29, 0.717) is 4.47 Å². The summed E-state index contributed by atoms with van der Waals surface area (Å²) in [6.07, 6.45) is 4.64. The molecule has 19 heavy (non-hydrogen) atoms. The molecule has 1 heterocycles. The van der Waals surface area contributed by atoms with Crippen molar-refractivity contribution in [3.05, 3.63) is 49.6 Å². The summed E-state index contributed by atoms with van der Waals surface area (Å²) >= 11 is 4.90. The molecule has 3 rings (SSSR count). The molecule has 1 atom stereocenters. The maximum atomic E-state index is 13.2. The molecule has 0 saturated heterocycles. The van der Waals surface area contributed by atoms with Gasteiger partial charge in [0.15, 0.2) is 0 Å². The van der Waals surface area contributed by atoms with Gasteiger partial charge in [-0.15, -0.1) is 11.3 Å². The highest BCUT2D eigenvalue weighted by Crippen LogP contribution is 2.32. The molecule has 2 N–H and O–H groups in total. The van der Waals surface area contributed by atoms with E-state index in [0.717, 1.165) is 23.4 Å². The Bertz CT molecular complexity index is 588. The zero-order valence-corrected chi connectivity index (χ0v) is 12.7. The van der Waals surface area contributed by atoms with Gasteiger partial charge in [0.25, 0.3) is 0 Å². The first-order valence-electron chi connectivity index (χ1n) is 6.34. The summed E-state index contributed by atoms with van der Waals surface area (Å²) in [6.45, 7) is 0. The van der Waals surface area contributed by atoms with Gasteiger partial charge in [-0.25, -0.2) is 9.37 Å². The summed E-state index contributed by atoms with van der Waals surface area (Å²) in [5, 5.41) is 0.936. The Morgan fingerprint density at radius 2 is 2.11 bits per heavy atom. The van der Waals surface area contributed by atoms with Crippen LogP contribution in [0.2, 0.25) is 0 Å². The Morgan fingerprint density at radius 3 is 2.84 bits per heavy atom. The SMILES string of the molecule is NC(c1ccc(F)c(Br)c1)c1nc2c(s1)CCCC2. The van der Waals surface area contributed by atoms with Crippen LogP contribution in [0.3, 0.4) is 0 Å². The van der Waals surface area contributed by atoms with E-state index in [1.165, 1.54) is 29.5 Å². The Balaban J connectivity index is 1.92. The molecule has 1 aliphatic carbocycles. The molecule has 100 valence electrons. The van der Waals surface area contributed by atoms with E-state index in [4.69, 9.17) is 5.73 Å². The molecule has 5 heteroatoms. The molecule has 0 fully saturated rings. The van der Waals surface area contributed by atoms with Crippen LogP contribution in [0, 0.1) is 5.82 Å². The van der Waals surface area contributed by atoms with Crippen LogP contribution >= 0.6 is 27.3 Å². The number of benzene rings is 1. The van der Waals surface area contributed by atoms with Crippen LogP contribution in [0.25, 0.3) is 0 Å². The van der Waals surface area contributed by atoms with Crippen LogP contribution < -0.4 is 5.73 Å². The lowest BCUT2D eigenvalue weighted by Crippen LogP contribution is -2.12. The Labute approximate surface area is 124 Å². The Hall–Kier alpha value is -0.780. The lowest BCUT2D eigenvalue weighted by molar-refractivity contribution is 0.619. The first-order chi connectivity index (χ1) is 9.15. The van der Waals surface area contributed by atoms with E-state index in [2.05, 4.69) is 20.9 Å². The minimum Gasteiger partial charge on any atom is -0.318 e. The van der Waals surface area contributed by atoms with Crippen LogP contribution in [-0.2, 0) is 12.8 Å². The van der Waals surface area contributed by atoms with Crippen LogP contribution in [-0.4, -0.2) is 4.98 Å². The van der Waals surface area contributed by atoms with Crippen molar-refractivity contribution in [3.63, 3.8) is 0 Å². The Morgan fingerprint density at radius 1 is 1.32 bits per heavy atom. The summed E-state index contributed by atoms with van der Waals surface area (Å²) in [6, 6.07) is 4.63. The molecule has 0 aliphatic heterocycles.